The number of anilines is 1. The van der Waals surface area contributed by atoms with Crippen LogP contribution in [-0.2, 0) is 0 Å². The number of urea groups is 1. The monoisotopic (exact) mass is 316 g/mol. The van der Waals surface area contributed by atoms with Crippen LogP contribution in [0.15, 0.2) is 18.2 Å². The fourth-order valence-electron chi connectivity index (χ4n) is 1.52. The smallest absolute Gasteiger partial charge is 0.339 e. The van der Waals surface area contributed by atoms with Crippen LogP contribution in [0, 0.1) is 0 Å². The van der Waals surface area contributed by atoms with E-state index < -0.39 is 12.0 Å². The number of benzene rings is 1. The number of rotatable bonds is 6. The molecule has 1 aromatic rings. The molecule has 1 unspecified atom stereocenters. The van der Waals surface area contributed by atoms with Gasteiger partial charge in [0.1, 0.15) is 5.56 Å². The molecule has 0 bridgehead atoms. The van der Waals surface area contributed by atoms with Gasteiger partial charge in [-0.1, -0.05) is 24.6 Å². The number of carbonyl (C=O) groups is 2. The summed E-state index contributed by atoms with van der Waals surface area (Å²) < 4.78 is 0. The van der Waals surface area contributed by atoms with Crippen LogP contribution in [0.2, 0.25) is 5.02 Å². The van der Waals surface area contributed by atoms with E-state index in [9.17, 15) is 9.59 Å². The number of carboxylic acids is 1. The minimum Gasteiger partial charge on any atom is -0.478 e. The second-order valence-corrected chi connectivity index (χ2v) is 5.87. The highest BCUT2D eigenvalue weighted by molar-refractivity contribution is 7.99. The predicted molar refractivity (Wildman–Crippen MR) is 83.0 cm³/mol. The van der Waals surface area contributed by atoms with Crippen LogP contribution in [0.3, 0.4) is 0 Å². The Morgan fingerprint density at radius 3 is 2.75 bits per heavy atom. The molecule has 0 aromatic heterocycles. The average Bonchev–Trinajstić information content (AvgIpc) is 2.38. The van der Waals surface area contributed by atoms with E-state index in [-0.39, 0.29) is 16.3 Å². The van der Waals surface area contributed by atoms with E-state index >= 15 is 0 Å². The van der Waals surface area contributed by atoms with Crippen molar-refractivity contribution in [2.45, 2.75) is 18.6 Å². The van der Waals surface area contributed by atoms with Gasteiger partial charge in [-0.05, 0) is 24.8 Å². The number of nitrogens with one attached hydrogen (secondary N) is 2. The Kier molecular flexibility index (Phi) is 6.67. The second-order valence-electron chi connectivity index (χ2n) is 4.18. The maximum absolute atomic E-state index is 11.7. The van der Waals surface area contributed by atoms with Crippen molar-refractivity contribution in [1.29, 1.82) is 0 Å². The topological polar surface area (TPSA) is 78.4 Å². The van der Waals surface area contributed by atoms with Crippen LogP contribution in [0.5, 0.6) is 0 Å². The summed E-state index contributed by atoms with van der Waals surface area (Å²) in [5, 5.41) is 14.8. The molecule has 0 spiro atoms. The first-order valence-electron chi connectivity index (χ1n) is 6.05. The number of carboxylic acid groups (broad SMARTS) is 1. The van der Waals surface area contributed by atoms with Gasteiger partial charge in [0.2, 0.25) is 0 Å². The molecule has 1 atom stereocenters. The van der Waals surface area contributed by atoms with Gasteiger partial charge < -0.3 is 15.7 Å². The van der Waals surface area contributed by atoms with Gasteiger partial charge in [-0.15, -0.1) is 0 Å². The Bertz CT molecular complexity index is 497. The first-order chi connectivity index (χ1) is 9.45. The highest BCUT2D eigenvalue weighted by Crippen LogP contribution is 2.24. The molecule has 1 rings (SSSR count). The third-order valence-electron chi connectivity index (χ3n) is 2.71. The summed E-state index contributed by atoms with van der Waals surface area (Å²) in [6.45, 7) is 2.60. The molecule has 0 aliphatic rings. The van der Waals surface area contributed by atoms with Crippen LogP contribution in [0.4, 0.5) is 10.5 Å². The van der Waals surface area contributed by atoms with Gasteiger partial charge in [0.25, 0.3) is 0 Å². The van der Waals surface area contributed by atoms with Gasteiger partial charge >= 0.3 is 12.0 Å². The van der Waals surface area contributed by atoms with Gasteiger partial charge in [0.15, 0.2) is 0 Å². The largest absolute Gasteiger partial charge is 0.478 e. The molecular weight excluding hydrogens is 300 g/mol. The highest BCUT2D eigenvalue weighted by atomic mass is 35.5. The Labute approximate surface area is 127 Å². The summed E-state index contributed by atoms with van der Waals surface area (Å²) in [5.41, 5.74) is 0.0715. The number of thioether (sulfide) groups is 1. The minimum atomic E-state index is -1.18. The van der Waals surface area contributed by atoms with E-state index in [0.717, 1.165) is 6.42 Å². The average molecular weight is 317 g/mol. The fraction of sp³-hybridized carbons (Fsp3) is 0.385. The van der Waals surface area contributed by atoms with Crippen LogP contribution in [0.25, 0.3) is 0 Å². The van der Waals surface area contributed by atoms with E-state index in [1.807, 2.05) is 6.26 Å². The lowest BCUT2D eigenvalue weighted by molar-refractivity contribution is 0.0698. The molecular formula is C13H17ClN2O3S. The summed E-state index contributed by atoms with van der Waals surface area (Å²) >= 11 is 7.54. The summed E-state index contributed by atoms with van der Waals surface area (Å²) in [6.07, 6.45) is 2.85. The Morgan fingerprint density at radius 2 is 2.15 bits per heavy atom. The quantitative estimate of drug-likeness (QED) is 0.752. The zero-order chi connectivity index (χ0) is 15.1. The summed E-state index contributed by atoms with van der Waals surface area (Å²) in [5.74, 6) is -1.18. The lowest BCUT2D eigenvalue weighted by atomic mass is 10.2. The van der Waals surface area contributed by atoms with Crippen molar-refractivity contribution in [2.75, 3.05) is 18.1 Å². The SMILES string of the molecule is CSC(C)CCNC(=O)Nc1cccc(Cl)c1C(=O)O. The van der Waals surface area contributed by atoms with Crippen molar-refractivity contribution < 1.29 is 14.7 Å². The normalized spacial score (nSPS) is 11.8. The zero-order valence-corrected chi connectivity index (χ0v) is 12.8. The van der Waals surface area contributed by atoms with Gasteiger partial charge in [-0.25, -0.2) is 9.59 Å². The van der Waals surface area contributed by atoms with E-state index in [0.29, 0.717) is 11.8 Å². The molecule has 0 aliphatic heterocycles. The Balaban J connectivity index is 2.62. The maximum Gasteiger partial charge on any atom is 0.339 e. The molecule has 5 nitrogen and oxygen atoms in total. The first kappa shape index (κ1) is 16.7. The first-order valence-corrected chi connectivity index (χ1v) is 7.71. The Morgan fingerprint density at radius 1 is 1.45 bits per heavy atom. The number of hydrogen-bond acceptors (Lipinski definition) is 3. The predicted octanol–water partition coefficient (Wildman–Crippen LogP) is 3.30. The van der Waals surface area contributed by atoms with Crippen LogP contribution in [0.1, 0.15) is 23.7 Å². The number of aromatic carboxylic acids is 1. The fourth-order valence-corrected chi connectivity index (χ4v) is 2.13. The van der Waals surface area contributed by atoms with Gasteiger partial charge in [-0.3, -0.25) is 0 Å². The van der Waals surface area contributed by atoms with E-state index in [1.165, 1.54) is 12.1 Å². The lowest BCUT2D eigenvalue weighted by Gasteiger charge is -2.12. The third kappa shape index (κ3) is 4.94. The second kappa shape index (κ2) is 8.01. The summed E-state index contributed by atoms with van der Waals surface area (Å²) in [4.78, 5) is 22.8. The van der Waals surface area contributed by atoms with Gasteiger partial charge in [0.05, 0.1) is 10.7 Å². The van der Waals surface area contributed by atoms with Crippen molar-refractivity contribution in [1.82, 2.24) is 5.32 Å². The van der Waals surface area contributed by atoms with E-state index in [1.54, 1.807) is 17.8 Å². The number of carbonyl (C=O) groups excluding carboxylic acids is 1. The number of halogens is 1. The third-order valence-corrected chi connectivity index (χ3v) is 4.07. The van der Waals surface area contributed by atoms with Crippen molar-refractivity contribution in [3.05, 3.63) is 28.8 Å². The number of hydrogen-bond donors (Lipinski definition) is 3. The molecule has 7 heteroatoms. The minimum absolute atomic E-state index is 0.0892. The molecule has 0 fully saturated rings. The molecule has 0 saturated carbocycles. The van der Waals surface area contributed by atoms with E-state index in [4.69, 9.17) is 16.7 Å². The van der Waals surface area contributed by atoms with Gasteiger partial charge in [0, 0.05) is 11.8 Å². The van der Waals surface area contributed by atoms with Crippen LogP contribution in [-0.4, -0.2) is 35.2 Å². The standard InChI is InChI=1S/C13H17ClN2O3S/c1-8(20-2)6-7-15-13(19)16-10-5-3-4-9(14)11(10)12(17)18/h3-5,8H,6-7H2,1-2H3,(H,17,18)(H2,15,16,19). The van der Waals surface area contributed by atoms with Crippen molar-refractivity contribution >= 4 is 41.1 Å². The maximum atomic E-state index is 11.7. The molecule has 0 radical (unpaired) electrons. The highest BCUT2D eigenvalue weighted by Gasteiger charge is 2.15. The molecule has 20 heavy (non-hydrogen) atoms. The molecule has 2 amide bonds. The molecule has 1 aromatic carbocycles. The summed E-state index contributed by atoms with van der Waals surface area (Å²) in [7, 11) is 0. The molecule has 3 N–H and O–H groups in total. The molecule has 110 valence electrons. The molecule has 0 heterocycles. The summed E-state index contributed by atoms with van der Waals surface area (Å²) in [6, 6.07) is 4.11. The van der Waals surface area contributed by atoms with Crippen molar-refractivity contribution in [3.8, 4) is 0 Å². The van der Waals surface area contributed by atoms with Crippen molar-refractivity contribution in [2.24, 2.45) is 0 Å². The zero-order valence-electron chi connectivity index (χ0n) is 11.3. The molecule has 0 aliphatic carbocycles. The van der Waals surface area contributed by atoms with Crippen LogP contribution >= 0.6 is 23.4 Å². The van der Waals surface area contributed by atoms with E-state index in [2.05, 4.69) is 17.6 Å². The van der Waals surface area contributed by atoms with Crippen LogP contribution < -0.4 is 10.6 Å². The molecule has 0 saturated heterocycles. The van der Waals surface area contributed by atoms with Crippen molar-refractivity contribution in [3.63, 3.8) is 0 Å². The lowest BCUT2D eigenvalue weighted by Crippen LogP contribution is -2.31. The van der Waals surface area contributed by atoms with Gasteiger partial charge in [-0.2, -0.15) is 11.8 Å². The number of amides is 2. The Hall–Kier alpha value is -1.40.